The maximum atomic E-state index is 9.69. The zero-order valence-corrected chi connectivity index (χ0v) is 9.59. The van der Waals surface area contributed by atoms with Crippen molar-refractivity contribution in [3.63, 3.8) is 0 Å². The van der Waals surface area contributed by atoms with E-state index in [-0.39, 0.29) is 59.6 Å². The standard InChI is InChI=1S/C3H4O4.Rb.H/c1-7-3(6)2(4)5;;/h1H3,(H,4,5);;/q;+1;-1. The predicted molar refractivity (Wildman–Crippen MR) is 20.8 cm³/mol. The average Bonchev–Trinajstić information content (AvgIpc) is 1.65. The van der Waals surface area contributed by atoms with Gasteiger partial charge in [0.05, 0.1) is 7.11 Å². The van der Waals surface area contributed by atoms with Crippen molar-refractivity contribution in [2.75, 3.05) is 7.11 Å². The Morgan fingerprint density at radius 3 is 2.00 bits per heavy atom. The molecule has 0 unspecified atom stereocenters. The third kappa shape index (κ3) is 4.89. The molecule has 1 N–H and O–H groups in total. The molecule has 0 fully saturated rings. The van der Waals surface area contributed by atoms with Gasteiger partial charge in [-0.25, -0.2) is 9.59 Å². The van der Waals surface area contributed by atoms with Gasteiger partial charge in [0.1, 0.15) is 0 Å². The fourth-order valence-corrected chi connectivity index (χ4v) is 0.0873. The molecule has 42 valence electrons. The van der Waals surface area contributed by atoms with Crippen molar-refractivity contribution in [2.45, 2.75) is 0 Å². The molecule has 0 aromatic rings. The first kappa shape index (κ1) is 11.5. The van der Waals surface area contributed by atoms with E-state index in [4.69, 9.17) is 5.11 Å². The number of hydrogen-bond donors (Lipinski definition) is 1. The van der Waals surface area contributed by atoms with Crippen molar-refractivity contribution in [1.82, 2.24) is 0 Å². The Hall–Kier alpha value is 0.745. The molecule has 0 bridgehead atoms. The van der Waals surface area contributed by atoms with Crippen LogP contribution in [0.25, 0.3) is 0 Å². The predicted octanol–water partition coefficient (Wildman–Crippen LogP) is -3.64. The van der Waals surface area contributed by atoms with Gasteiger partial charge in [-0.15, -0.1) is 0 Å². The fraction of sp³-hybridized carbons (Fsp3) is 0.333. The average molecular weight is 191 g/mol. The van der Waals surface area contributed by atoms with E-state index in [2.05, 4.69) is 4.74 Å². The third-order valence-corrected chi connectivity index (χ3v) is 0.360. The quantitative estimate of drug-likeness (QED) is 0.316. The molecular formula is C3H5O4Rb. The van der Waals surface area contributed by atoms with E-state index in [0.717, 1.165) is 7.11 Å². The van der Waals surface area contributed by atoms with Gasteiger partial charge in [-0.2, -0.15) is 0 Å². The SMILES string of the molecule is COC(=O)C(=O)O.[H-].[Rb+]. The summed E-state index contributed by atoms with van der Waals surface area (Å²) >= 11 is 0. The van der Waals surface area contributed by atoms with Crippen LogP contribution in [-0.2, 0) is 14.3 Å². The molecule has 0 radical (unpaired) electrons. The minimum atomic E-state index is -1.57. The number of hydrogen-bond acceptors (Lipinski definition) is 3. The summed E-state index contributed by atoms with van der Waals surface area (Å²) in [6.45, 7) is 0. The Morgan fingerprint density at radius 2 is 2.00 bits per heavy atom. The van der Waals surface area contributed by atoms with E-state index in [1.54, 1.807) is 0 Å². The number of aliphatic carboxylic acids is 1. The fourth-order valence-electron chi connectivity index (χ4n) is 0.0873. The number of carboxylic acid groups (broad SMARTS) is 1. The van der Waals surface area contributed by atoms with Gasteiger partial charge in [-0.1, -0.05) is 0 Å². The van der Waals surface area contributed by atoms with Crippen molar-refractivity contribution >= 4 is 11.9 Å². The zero-order chi connectivity index (χ0) is 5.86. The van der Waals surface area contributed by atoms with Crippen LogP contribution in [0.4, 0.5) is 0 Å². The molecule has 0 heterocycles. The summed E-state index contributed by atoms with van der Waals surface area (Å²) in [6, 6.07) is 0. The summed E-state index contributed by atoms with van der Waals surface area (Å²) in [6.07, 6.45) is 0. The second kappa shape index (κ2) is 5.87. The van der Waals surface area contributed by atoms with Crippen LogP contribution in [-0.4, -0.2) is 24.2 Å². The van der Waals surface area contributed by atoms with Crippen molar-refractivity contribution in [3.05, 3.63) is 0 Å². The molecule has 0 aliphatic rings. The molecule has 4 nitrogen and oxygen atoms in total. The number of carboxylic acids is 1. The number of methoxy groups -OCH3 is 1. The molecule has 0 saturated heterocycles. The Balaban J connectivity index is -0.000000180. The Kier molecular flexibility index (Phi) is 8.47. The molecule has 0 aliphatic carbocycles. The van der Waals surface area contributed by atoms with E-state index in [1.165, 1.54) is 0 Å². The first-order valence-corrected chi connectivity index (χ1v) is 1.49. The Morgan fingerprint density at radius 1 is 1.62 bits per heavy atom. The number of rotatable bonds is 0. The summed E-state index contributed by atoms with van der Waals surface area (Å²) in [5.41, 5.74) is 0. The molecule has 0 aromatic carbocycles. The van der Waals surface area contributed by atoms with Crippen molar-refractivity contribution in [2.24, 2.45) is 0 Å². The van der Waals surface area contributed by atoms with E-state index >= 15 is 0 Å². The van der Waals surface area contributed by atoms with Crippen LogP contribution in [0, 0.1) is 0 Å². The van der Waals surface area contributed by atoms with Gasteiger partial charge >= 0.3 is 70.1 Å². The topological polar surface area (TPSA) is 63.6 Å². The van der Waals surface area contributed by atoms with Gasteiger partial charge in [0.2, 0.25) is 0 Å². The third-order valence-electron chi connectivity index (χ3n) is 0.360. The molecule has 5 heteroatoms. The molecular weight excluding hydrogens is 185 g/mol. The summed E-state index contributed by atoms with van der Waals surface area (Å²) in [4.78, 5) is 19.1. The Labute approximate surface area is 96.5 Å². The largest absolute Gasteiger partial charge is 1.00 e. The number of esters is 1. The van der Waals surface area contributed by atoms with Gasteiger partial charge in [0.15, 0.2) is 0 Å². The first-order chi connectivity index (χ1) is 3.18. The molecule has 0 rings (SSSR count). The van der Waals surface area contributed by atoms with Gasteiger partial charge in [0, 0.05) is 0 Å². The molecule has 8 heavy (non-hydrogen) atoms. The molecule has 0 spiro atoms. The summed E-state index contributed by atoms with van der Waals surface area (Å²) in [5.74, 6) is -2.80. The van der Waals surface area contributed by atoms with E-state index in [9.17, 15) is 9.59 Å². The maximum absolute atomic E-state index is 9.69. The number of carbonyl (C=O) groups is 2. The summed E-state index contributed by atoms with van der Waals surface area (Å²) in [7, 11) is 1.01. The molecule has 0 amide bonds. The first-order valence-electron chi connectivity index (χ1n) is 1.49. The van der Waals surface area contributed by atoms with Crippen molar-refractivity contribution in [1.29, 1.82) is 0 Å². The van der Waals surface area contributed by atoms with Gasteiger partial charge < -0.3 is 11.3 Å². The van der Waals surface area contributed by atoms with E-state index < -0.39 is 11.9 Å². The minimum Gasteiger partial charge on any atom is -1.00 e. The van der Waals surface area contributed by atoms with Crippen LogP contribution in [0.3, 0.4) is 0 Å². The van der Waals surface area contributed by atoms with Crippen molar-refractivity contribution < 1.29 is 79.0 Å². The summed E-state index contributed by atoms with van der Waals surface area (Å²) in [5, 5.41) is 7.71. The van der Waals surface area contributed by atoms with Crippen molar-refractivity contribution in [3.8, 4) is 0 Å². The van der Waals surface area contributed by atoms with Crippen LogP contribution >= 0.6 is 0 Å². The second-order valence-corrected chi connectivity index (χ2v) is 0.797. The minimum absolute atomic E-state index is 0. The molecule has 0 aromatic heterocycles. The summed E-state index contributed by atoms with van der Waals surface area (Å²) < 4.78 is 3.77. The monoisotopic (exact) mass is 190 g/mol. The van der Waals surface area contributed by atoms with Gasteiger partial charge in [-0.05, 0) is 0 Å². The maximum Gasteiger partial charge on any atom is 1.00 e. The van der Waals surface area contributed by atoms with E-state index in [0.29, 0.717) is 0 Å². The van der Waals surface area contributed by atoms with Gasteiger partial charge in [-0.3, -0.25) is 0 Å². The van der Waals surface area contributed by atoms with Crippen LogP contribution in [0.5, 0.6) is 0 Å². The van der Waals surface area contributed by atoms with E-state index in [1.807, 2.05) is 0 Å². The molecule has 0 atom stereocenters. The van der Waals surface area contributed by atoms with Crippen LogP contribution in [0.15, 0.2) is 0 Å². The molecule has 0 saturated carbocycles. The van der Waals surface area contributed by atoms with Crippen LogP contribution < -0.4 is 58.2 Å². The molecule has 0 aliphatic heterocycles. The van der Waals surface area contributed by atoms with Gasteiger partial charge in [0.25, 0.3) is 0 Å². The second-order valence-electron chi connectivity index (χ2n) is 0.797. The zero-order valence-electron chi connectivity index (χ0n) is 5.67. The number of ether oxygens (including phenoxy) is 1. The van der Waals surface area contributed by atoms with Crippen LogP contribution in [0.1, 0.15) is 1.43 Å². The van der Waals surface area contributed by atoms with Crippen LogP contribution in [0.2, 0.25) is 0 Å². The Bertz CT molecular complexity index is 104. The normalized spacial score (nSPS) is 6.62. The smallest absolute Gasteiger partial charge is 1.00 e. The number of carbonyl (C=O) groups excluding carboxylic acids is 1.